The predicted octanol–water partition coefficient (Wildman–Crippen LogP) is 3.02. The van der Waals surface area contributed by atoms with Crippen molar-refractivity contribution in [3.05, 3.63) is 48.5 Å². The Labute approximate surface area is 184 Å². The minimum atomic E-state index is -3.85. The fraction of sp³-hybridized carbons (Fsp3) is 0.250. The molecule has 3 aromatic rings. The SMILES string of the molecule is COc1ccc(OC)c(N([C@@H](C)C(=O)Nc2nnc(-c3ccccc3)s2)S(C)(=O)=O)c1. The lowest BCUT2D eigenvalue weighted by Crippen LogP contribution is -2.45. The molecule has 11 heteroatoms. The number of nitrogens with zero attached hydrogens (tertiary/aromatic N) is 3. The predicted molar refractivity (Wildman–Crippen MR) is 120 cm³/mol. The summed E-state index contributed by atoms with van der Waals surface area (Å²) in [5.74, 6) is 0.146. The Bertz CT molecular complexity index is 1170. The summed E-state index contributed by atoms with van der Waals surface area (Å²) in [6, 6.07) is 13.0. The van der Waals surface area contributed by atoms with Gasteiger partial charge in [-0.1, -0.05) is 41.7 Å². The van der Waals surface area contributed by atoms with Crippen LogP contribution in [0.15, 0.2) is 48.5 Å². The van der Waals surface area contributed by atoms with Crippen molar-refractivity contribution in [2.45, 2.75) is 13.0 Å². The summed E-state index contributed by atoms with van der Waals surface area (Å²) < 4.78 is 36.7. The molecule has 1 amide bonds. The quantitative estimate of drug-likeness (QED) is 0.548. The lowest BCUT2D eigenvalue weighted by atomic mass is 10.2. The minimum Gasteiger partial charge on any atom is -0.497 e. The first-order chi connectivity index (χ1) is 14.7. The highest BCUT2D eigenvalue weighted by Gasteiger charge is 2.32. The number of carbonyl (C=O) groups excluding carboxylic acids is 1. The minimum absolute atomic E-state index is 0.189. The van der Waals surface area contributed by atoms with Crippen molar-refractivity contribution in [1.82, 2.24) is 10.2 Å². The summed E-state index contributed by atoms with van der Waals surface area (Å²) in [7, 11) is -0.961. The van der Waals surface area contributed by atoms with E-state index in [1.54, 1.807) is 12.1 Å². The average Bonchev–Trinajstić information content (AvgIpc) is 3.21. The number of carbonyl (C=O) groups is 1. The Morgan fingerprint density at radius 3 is 2.42 bits per heavy atom. The van der Waals surface area contributed by atoms with Gasteiger partial charge in [0.25, 0.3) is 0 Å². The summed E-state index contributed by atoms with van der Waals surface area (Å²) >= 11 is 1.19. The lowest BCUT2D eigenvalue weighted by molar-refractivity contribution is -0.116. The molecule has 9 nitrogen and oxygen atoms in total. The number of sulfonamides is 1. The van der Waals surface area contributed by atoms with Gasteiger partial charge in [0.1, 0.15) is 22.5 Å². The van der Waals surface area contributed by atoms with Gasteiger partial charge < -0.3 is 9.47 Å². The molecular weight excluding hydrogens is 440 g/mol. The van der Waals surface area contributed by atoms with E-state index in [1.165, 1.54) is 38.5 Å². The van der Waals surface area contributed by atoms with E-state index in [0.717, 1.165) is 16.1 Å². The molecule has 0 saturated carbocycles. The second-order valence-electron chi connectivity index (χ2n) is 6.54. The van der Waals surface area contributed by atoms with Crippen LogP contribution in [-0.2, 0) is 14.8 Å². The maximum absolute atomic E-state index is 12.9. The van der Waals surface area contributed by atoms with Crippen molar-refractivity contribution in [1.29, 1.82) is 0 Å². The molecule has 0 aliphatic heterocycles. The number of amides is 1. The molecule has 3 rings (SSSR count). The molecule has 0 aliphatic carbocycles. The number of hydrogen-bond acceptors (Lipinski definition) is 8. The molecule has 1 atom stereocenters. The maximum Gasteiger partial charge on any atom is 0.249 e. The molecule has 1 aromatic heterocycles. The monoisotopic (exact) mass is 462 g/mol. The van der Waals surface area contributed by atoms with Crippen LogP contribution in [0.25, 0.3) is 10.6 Å². The van der Waals surface area contributed by atoms with Crippen LogP contribution in [0, 0.1) is 0 Å². The number of aromatic nitrogens is 2. The Morgan fingerprint density at radius 2 is 1.81 bits per heavy atom. The van der Waals surface area contributed by atoms with Gasteiger partial charge in [-0.2, -0.15) is 0 Å². The van der Waals surface area contributed by atoms with Crippen LogP contribution in [0.5, 0.6) is 11.5 Å². The number of nitrogens with one attached hydrogen (secondary N) is 1. The second kappa shape index (κ2) is 9.31. The number of rotatable bonds is 8. The lowest BCUT2D eigenvalue weighted by Gasteiger charge is -2.29. The van der Waals surface area contributed by atoms with E-state index in [1.807, 2.05) is 30.3 Å². The molecule has 0 spiro atoms. The van der Waals surface area contributed by atoms with Crippen molar-refractivity contribution >= 4 is 38.1 Å². The average molecular weight is 463 g/mol. The maximum atomic E-state index is 12.9. The van der Waals surface area contributed by atoms with Gasteiger partial charge >= 0.3 is 0 Å². The number of anilines is 2. The zero-order valence-electron chi connectivity index (χ0n) is 17.4. The second-order valence-corrected chi connectivity index (χ2v) is 9.38. The van der Waals surface area contributed by atoms with Gasteiger partial charge in [-0.15, -0.1) is 10.2 Å². The zero-order valence-corrected chi connectivity index (χ0v) is 19.0. The Balaban J connectivity index is 1.89. The molecular formula is C20H22N4O5S2. The number of methoxy groups -OCH3 is 2. The fourth-order valence-corrected chi connectivity index (χ4v) is 4.85. The standard InChI is InChI=1S/C20H22N4O5S2/c1-13(18(25)21-20-23-22-19(30-20)14-8-6-5-7-9-14)24(31(4,26)27)16-12-15(28-2)10-11-17(16)29-3/h5-13H,1-4H3,(H,21,23,25)/t13-/m0/s1. The van der Waals surface area contributed by atoms with Crippen LogP contribution in [0.2, 0.25) is 0 Å². The van der Waals surface area contributed by atoms with Crippen LogP contribution in [0.1, 0.15) is 6.92 Å². The molecule has 0 bridgehead atoms. The molecule has 1 heterocycles. The van der Waals surface area contributed by atoms with Crippen molar-refractivity contribution in [3.8, 4) is 22.1 Å². The number of hydrogen-bond donors (Lipinski definition) is 1. The van der Waals surface area contributed by atoms with Gasteiger partial charge in [0.2, 0.25) is 21.1 Å². The van der Waals surface area contributed by atoms with Gasteiger partial charge in [0, 0.05) is 11.6 Å². The molecule has 164 valence electrons. The summed E-state index contributed by atoms with van der Waals surface area (Å²) in [6.45, 7) is 1.48. The van der Waals surface area contributed by atoms with Crippen LogP contribution >= 0.6 is 11.3 Å². The smallest absolute Gasteiger partial charge is 0.249 e. The highest BCUT2D eigenvalue weighted by atomic mass is 32.2. The van der Waals surface area contributed by atoms with Crippen molar-refractivity contribution in [2.24, 2.45) is 0 Å². The first-order valence-electron chi connectivity index (χ1n) is 9.16. The summed E-state index contributed by atoms with van der Waals surface area (Å²) in [5, 5.41) is 11.6. The molecule has 0 unspecified atom stereocenters. The van der Waals surface area contributed by atoms with Crippen molar-refractivity contribution < 1.29 is 22.7 Å². The largest absolute Gasteiger partial charge is 0.497 e. The van der Waals surface area contributed by atoms with Gasteiger partial charge in [-0.25, -0.2) is 8.42 Å². The topological polar surface area (TPSA) is 111 Å². The highest BCUT2D eigenvalue weighted by molar-refractivity contribution is 7.92. The first-order valence-corrected chi connectivity index (χ1v) is 11.8. The molecule has 0 radical (unpaired) electrons. The summed E-state index contributed by atoms with van der Waals surface area (Å²) in [5.41, 5.74) is 1.06. The van der Waals surface area contributed by atoms with Gasteiger partial charge in [-0.05, 0) is 19.1 Å². The van der Waals surface area contributed by atoms with Crippen LogP contribution < -0.4 is 19.1 Å². The Kier molecular flexibility index (Phi) is 6.76. The molecule has 0 fully saturated rings. The van der Waals surface area contributed by atoms with Crippen LogP contribution in [0.4, 0.5) is 10.8 Å². The van der Waals surface area contributed by atoms with Crippen molar-refractivity contribution in [2.75, 3.05) is 30.1 Å². The van der Waals surface area contributed by atoms with Crippen molar-refractivity contribution in [3.63, 3.8) is 0 Å². The molecule has 0 aliphatic rings. The van der Waals surface area contributed by atoms with E-state index in [4.69, 9.17) is 9.47 Å². The Morgan fingerprint density at radius 1 is 1.10 bits per heavy atom. The molecule has 1 N–H and O–H groups in total. The fourth-order valence-electron chi connectivity index (χ4n) is 2.93. The van der Waals surface area contributed by atoms with E-state index in [2.05, 4.69) is 15.5 Å². The highest BCUT2D eigenvalue weighted by Crippen LogP contribution is 2.35. The number of benzene rings is 2. The first kappa shape index (κ1) is 22.5. The molecule has 31 heavy (non-hydrogen) atoms. The third-order valence-corrected chi connectivity index (χ3v) is 6.50. The van der Waals surface area contributed by atoms with Gasteiger partial charge in [0.05, 0.1) is 26.2 Å². The Hall–Kier alpha value is -3.18. The van der Waals surface area contributed by atoms with Crippen LogP contribution in [0.3, 0.4) is 0 Å². The third kappa shape index (κ3) is 5.12. The summed E-state index contributed by atoms with van der Waals surface area (Å²) in [6.07, 6.45) is 1.02. The third-order valence-electron chi connectivity index (χ3n) is 4.39. The van der Waals surface area contributed by atoms with Gasteiger partial charge in [0.15, 0.2) is 0 Å². The molecule has 2 aromatic carbocycles. The summed E-state index contributed by atoms with van der Waals surface area (Å²) in [4.78, 5) is 12.9. The van der Waals surface area contributed by atoms with E-state index in [9.17, 15) is 13.2 Å². The van der Waals surface area contributed by atoms with E-state index in [0.29, 0.717) is 10.8 Å². The normalized spacial score (nSPS) is 12.1. The zero-order chi connectivity index (χ0) is 22.6. The van der Waals surface area contributed by atoms with E-state index < -0.39 is 22.0 Å². The van der Waals surface area contributed by atoms with E-state index in [-0.39, 0.29) is 16.6 Å². The molecule has 0 saturated heterocycles. The number of ether oxygens (including phenoxy) is 2. The van der Waals surface area contributed by atoms with Gasteiger partial charge in [-0.3, -0.25) is 14.4 Å². The van der Waals surface area contributed by atoms with Crippen LogP contribution in [-0.4, -0.2) is 51.0 Å². The van der Waals surface area contributed by atoms with E-state index >= 15 is 0 Å².